The molecule has 2 saturated heterocycles. The largest absolute Gasteiger partial charge is 0.364 e. The number of nitrogens with zero attached hydrogens (tertiary/aromatic N) is 2. The molecule has 1 saturated carbocycles. The molecule has 1 aliphatic carbocycles. The number of ether oxygens (including phenoxy) is 1. The Kier molecular flexibility index (Phi) is 9.66. The first-order chi connectivity index (χ1) is 16.1. The number of anilines is 1. The van der Waals surface area contributed by atoms with Gasteiger partial charge in [-0.2, -0.15) is 0 Å². The van der Waals surface area contributed by atoms with E-state index in [1.807, 2.05) is 6.07 Å². The van der Waals surface area contributed by atoms with Crippen LogP contribution < -0.4 is 10.8 Å². The van der Waals surface area contributed by atoms with Crippen molar-refractivity contribution in [3.8, 4) is 0 Å². The summed E-state index contributed by atoms with van der Waals surface area (Å²) in [6, 6.07) is 2.15. The van der Waals surface area contributed by atoms with E-state index in [4.69, 9.17) is 21.2 Å². The summed E-state index contributed by atoms with van der Waals surface area (Å²) in [5.74, 6) is 1.20. The number of amides is 1. The van der Waals surface area contributed by atoms with Crippen LogP contribution in [0, 0.1) is 5.92 Å². The van der Waals surface area contributed by atoms with Crippen molar-refractivity contribution in [3.05, 3.63) is 28.9 Å². The van der Waals surface area contributed by atoms with Crippen LogP contribution in [0.3, 0.4) is 0 Å². The van der Waals surface area contributed by atoms with Gasteiger partial charge in [0.1, 0.15) is 5.82 Å². The van der Waals surface area contributed by atoms with Crippen LogP contribution in [-0.2, 0) is 14.4 Å². The van der Waals surface area contributed by atoms with Gasteiger partial charge in [0.2, 0.25) is 0 Å². The third kappa shape index (κ3) is 7.52. The monoisotopic (exact) mass is 588 g/mol. The molecule has 2 N–H and O–H groups in total. The van der Waals surface area contributed by atoms with E-state index >= 15 is 0 Å². The molecular weight excluding hydrogens is 555 g/mol. The highest BCUT2D eigenvalue weighted by molar-refractivity contribution is 14.1. The van der Waals surface area contributed by atoms with Crippen LogP contribution in [0.4, 0.5) is 5.82 Å². The molecule has 7 nitrogen and oxygen atoms in total. The topological polar surface area (TPSA) is 75.7 Å². The lowest BCUT2D eigenvalue weighted by atomic mass is 9.89. The van der Waals surface area contributed by atoms with Crippen LogP contribution in [0.2, 0.25) is 5.02 Å². The zero-order valence-electron chi connectivity index (χ0n) is 19.0. The highest BCUT2D eigenvalue weighted by atomic mass is 127. The number of halogens is 2. The lowest BCUT2D eigenvalue weighted by Gasteiger charge is -2.30. The van der Waals surface area contributed by atoms with Crippen LogP contribution in [0.25, 0.3) is 6.08 Å². The third-order valence-electron chi connectivity index (χ3n) is 6.67. The molecule has 1 aromatic rings. The molecule has 0 spiro atoms. The van der Waals surface area contributed by atoms with E-state index in [0.717, 1.165) is 43.7 Å². The summed E-state index contributed by atoms with van der Waals surface area (Å²) in [5.41, 5.74) is 3.17. The summed E-state index contributed by atoms with van der Waals surface area (Å²) in [7, 11) is 0. The molecule has 0 radical (unpaired) electrons. The Morgan fingerprint density at radius 3 is 2.82 bits per heavy atom. The molecule has 4 rings (SSSR count). The van der Waals surface area contributed by atoms with Crippen LogP contribution in [-0.4, -0.2) is 51.9 Å². The van der Waals surface area contributed by atoms with Gasteiger partial charge in [0, 0.05) is 38.4 Å². The minimum Gasteiger partial charge on any atom is -0.364 e. The normalized spacial score (nSPS) is 27.2. The zero-order chi connectivity index (χ0) is 23.0. The molecule has 2 aliphatic heterocycles. The van der Waals surface area contributed by atoms with Gasteiger partial charge >= 0.3 is 0 Å². The lowest BCUT2D eigenvalue weighted by Crippen LogP contribution is -2.37. The van der Waals surface area contributed by atoms with Crippen molar-refractivity contribution in [1.29, 1.82) is 0 Å². The number of pyridine rings is 1. The minimum absolute atomic E-state index is 0.325. The van der Waals surface area contributed by atoms with Crippen molar-refractivity contribution >= 4 is 52.0 Å². The van der Waals surface area contributed by atoms with E-state index in [2.05, 4.69) is 43.3 Å². The van der Waals surface area contributed by atoms with Crippen LogP contribution >= 0.6 is 34.2 Å². The fraction of sp³-hybridized carbons (Fsp3) is 0.667. The first kappa shape index (κ1) is 25.2. The Morgan fingerprint density at radius 1 is 1.24 bits per heavy atom. The number of likely N-dealkylation sites (tertiary alicyclic amines) is 1. The van der Waals surface area contributed by atoms with Crippen molar-refractivity contribution in [2.45, 2.75) is 74.2 Å². The molecule has 3 atom stereocenters. The van der Waals surface area contributed by atoms with Crippen molar-refractivity contribution in [2.24, 2.45) is 5.92 Å². The van der Waals surface area contributed by atoms with Gasteiger partial charge in [0.15, 0.2) is 6.29 Å². The summed E-state index contributed by atoms with van der Waals surface area (Å²) < 4.78 is 5.86. The molecule has 2 unspecified atom stereocenters. The Balaban J connectivity index is 1.25. The SMILES string of the molecule is O=C(C=Cc1cnc(N[C@@H]2CCN(CC3CCCCC3)C2I)c(Cl)c1)NOC1CCCCO1. The average molecular weight is 589 g/mol. The summed E-state index contributed by atoms with van der Waals surface area (Å²) in [6.07, 6.45) is 15.3. The standard InChI is InChI=1S/C24H34ClIN4O3/c25-19-14-18(9-10-21(31)29-33-22-8-4-5-13-32-22)15-27-24(19)28-20-11-12-30(23(20)26)16-17-6-2-1-3-7-17/h9-10,14-15,17,20,22-23H,1-8,11-13,16H2,(H,27,28)(H,29,31)/t20-,22?,23?/m1/s1. The molecule has 1 amide bonds. The molecule has 33 heavy (non-hydrogen) atoms. The van der Waals surface area contributed by atoms with E-state index in [1.54, 1.807) is 12.3 Å². The predicted molar refractivity (Wildman–Crippen MR) is 139 cm³/mol. The molecule has 3 fully saturated rings. The van der Waals surface area contributed by atoms with Gasteiger partial charge in [-0.05, 0) is 55.7 Å². The first-order valence-electron chi connectivity index (χ1n) is 12.1. The van der Waals surface area contributed by atoms with E-state index in [9.17, 15) is 4.79 Å². The molecule has 9 heteroatoms. The zero-order valence-corrected chi connectivity index (χ0v) is 21.9. The number of nitrogens with one attached hydrogen (secondary N) is 2. The van der Waals surface area contributed by atoms with E-state index in [0.29, 0.717) is 27.5 Å². The number of aromatic nitrogens is 1. The van der Waals surface area contributed by atoms with Gasteiger partial charge < -0.3 is 10.1 Å². The number of carbonyl (C=O) groups is 1. The molecule has 0 bridgehead atoms. The predicted octanol–water partition coefficient (Wildman–Crippen LogP) is 5.15. The van der Waals surface area contributed by atoms with Crippen LogP contribution in [0.5, 0.6) is 0 Å². The maximum Gasteiger partial charge on any atom is 0.267 e. The Morgan fingerprint density at radius 2 is 2.06 bits per heavy atom. The number of rotatable bonds is 8. The second kappa shape index (κ2) is 12.7. The molecule has 182 valence electrons. The van der Waals surface area contributed by atoms with Crippen molar-refractivity contribution in [2.75, 3.05) is 25.0 Å². The Labute approximate surface area is 215 Å². The van der Waals surface area contributed by atoms with Crippen molar-refractivity contribution < 1.29 is 14.4 Å². The highest BCUT2D eigenvalue weighted by Gasteiger charge is 2.34. The number of hydrogen-bond acceptors (Lipinski definition) is 6. The van der Waals surface area contributed by atoms with Crippen LogP contribution in [0.15, 0.2) is 18.3 Å². The maximum absolute atomic E-state index is 12.0. The summed E-state index contributed by atoms with van der Waals surface area (Å²) in [5, 5.41) is 4.10. The van der Waals surface area contributed by atoms with Gasteiger partial charge in [-0.15, -0.1) is 0 Å². The molecule has 1 aromatic heterocycles. The first-order valence-corrected chi connectivity index (χ1v) is 13.8. The molecule has 3 aliphatic rings. The summed E-state index contributed by atoms with van der Waals surface area (Å²) >= 11 is 9.07. The van der Waals surface area contributed by atoms with Crippen molar-refractivity contribution in [3.63, 3.8) is 0 Å². The van der Waals surface area contributed by atoms with Gasteiger partial charge in [0.05, 0.1) is 15.1 Å². The van der Waals surface area contributed by atoms with E-state index in [1.165, 1.54) is 44.7 Å². The smallest absolute Gasteiger partial charge is 0.267 e. The van der Waals surface area contributed by atoms with Crippen molar-refractivity contribution in [1.82, 2.24) is 15.4 Å². The summed E-state index contributed by atoms with van der Waals surface area (Å²) in [6.45, 7) is 2.98. The van der Waals surface area contributed by atoms with E-state index < -0.39 is 0 Å². The van der Waals surface area contributed by atoms with Crippen LogP contribution in [0.1, 0.15) is 63.4 Å². The second-order valence-corrected chi connectivity index (χ2v) is 10.9. The summed E-state index contributed by atoms with van der Waals surface area (Å²) in [4.78, 5) is 24.4. The highest BCUT2D eigenvalue weighted by Crippen LogP contribution is 2.32. The number of alkyl halides is 1. The van der Waals surface area contributed by atoms with Gasteiger partial charge in [-0.25, -0.2) is 15.3 Å². The van der Waals surface area contributed by atoms with E-state index in [-0.39, 0.29) is 12.2 Å². The number of hydroxylamine groups is 1. The quantitative estimate of drug-likeness (QED) is 0.144. The third-order valence-corrected chi connectivity index (χ3v) is 8.61. The fourth-order valence-corrected chi connectivity index (χ4v) is 6.09. The minimum atomic E-state index is -0.367. The van der Waals surface area contributed by atoms with Gasteiger partial charge in [-0.1, -0.05) is 53.5 Å². The fourth-order valence-electron chi connectivity index (χ4n) is 4.81. The van der Waals surface area contributed by atoms with Gasteiger partial charge in [-0.3, -0.25) is 9.69 Å². The van der Waals surface area contributed by atoms with Gasteiger partial charge in [0.25, 0.3) is 5.91 Å². The number of carbonyl (C=O) groups excluding carboxylic acids is 1. The number of hydrogen-bond donors (Lipinski definition) is 2. The Bertz CT molecular complexity index is 815. The lowest BCUT2D eigenvalue weighted by molar-refractivity contribution is -0.198. The average Bonchev–Trinajstić information content (AvgIpc) is 3.18. The Hall–Kier alpha value is -0.940. The molecular formula is C24H34ClIN4O3. The molecule has 0 aromatic carbocycles. The second-order valence-electron chi connectivity index (χ2n) is 9.22. The maximum atomic E-state index is 12.0. The molecule has 3 heterocycles.